The Labute approximate surface area is 122 Å². The summed E-state index contributed by atoms with van der Waals surface area (Å²) in [5.74, 6) is 0. The van der Waals surface area contributed by atoms with Crippen LogP contribution in [0.1, 0.15) is 32.8 Å². The minimum absolute atomic E-state index is 0.0234. The molecule has 1 aromatic rings. The lowest BCUT2D eigenvalue weighted by molar-refractivity contribution is 0.481. The van der Waals surface area contributed by atoms with Crippen LogP contribution in [0.4, 0.5) is 0 Å². The molecule has 0 fully saturated rings. The number of H-pyrrole nitrogens is 1. The van der Waals surface area contributed by atoms with Crippen molar-refractivity contribution in [2.75, 3.05) is 6.26 Å². The smallest absolute Gasteiger partial charge is 0.297 e. The van der Waals surface area contributed by atoms with Crippen LogP contribution in [0.3, 0.4) is 0 Å². The molecule has 8 heteroatoms. The van der Waals surface area contributed by atoms with Gasteiger partial charge in [0.1, 0.15) is 5.15 Å². The van der Waals surface area contributed by atoms with E-state index in [2.05, 4.69) is 4.98 Å². The first-order valence-corrected chi connectivity index (χ1v) is 8.49. The predicted molar refractivity (Wildman–Crippen MR) is 79.3 cm³/mol. The summed E-state index contributed by atoms with van der Waals surface area (Å²) in [6.07, 6.45) is 2.19. The lowest BCUT2D eigenvalue weighted by Gasteiger charge is -2.23. The van der Waals surface area contributed by atoms with Gasteiger partial charge in [-0.15, -0.1) is 0 Å². The fourth-order valence-corrected chi connectivity index (χ4v) is 2.31. The molecule has 0 atom stereocenters. The van der Waals surface area contributed by atoms with Gasteiger partial charge in [-0.1, -0.05) is 24.9 Å². The van der Waals surface area contributed by atoms with Crippen molar-refractivity contribution in [1.29, 1.82) is 0 Å². The molecular formula is C12H19ClN2O4S. The van der Waals surface area contributed by atoms with Crippen LogP contribution >= 0.6 is 11.6 Å². The summed E-state index contributed by atoms with van der Waals surface area (Å²) in [4.78, 5) is 26.5. The van der Waals surface area contributed by atoms with E-state index in [1.807, 2.05) is 6.92 Å². The molecule has 0 aliphatic heterocycles. The van der Waals surface area contributed by atoms with Gasteiger partial charge < -0.3 is 0 Å². The normalized spacial score (nSPS) is 12.7. The lowest BCUT2D eigenvalue weighted by atomic mass is 10.2. The monoisotopic (exact) mass is 322 g/mol. The van der Waals surface area contributed by atoms with Gasteiger partial charge in [-0.05, 0) is 20.3 Å². The number of aromatic amines is 1. The molecule has 1 N–H and O–H groups in total. The van der Waals surface area contributed by atoms with E-state index in [9.17, 15) is 18.0 Å². The Balaban J connectivity index is 3.45. The number of nitrogens with zero attached hydrogens (tertiary/aromatic N) is 1. The second kappa shape index (κ2) is 5.73. The van der Waals surface area contributed by atoms with Crippen molar-refractivity contribution in [2.24, 2.45) is 0 Å². The SMILES string of the molecule is CCCc1c(Cl)[nH]c(=O)n(CC(C)(C)S(C)(=O)=O)c1=O. The van der Waals surface area contributed by atoms with Crippen molar-refractivity contribution < 1.29 is 8.42 Å². The molecule has 1 heterocycles. The molecule has 1 rings (SSSR count). The number of rotatable bonds is 5. The molecule has 0 saturated carbocycles. The first-order chi connectivity index (χ1) is 9.01. The summed E-state index contributed by atoms with van der Waals surface area (Å²) in [7, 11) is -3.41. The van der Waals surface area contributed by atoms with Gasteiger partial charge in [0.15, 0.2) is 9.84 Å². The van der Waals surface area contributed by atoms with E-state index in [0.717, 1.165) is 10.8 Å². The highest BCUT2D eigenvalue weighted by atomic mass is 35.5. The highest BCUT2D eigenvalue weighted by Crippen LogP contribution is 2.17. The molecule has 0 bridgehead atoms. The molecule has 0 amide bonds. The molecule has 20 heavy (non-hydrogen) atoms. The quantitative estimate of drug-likeness (QED) is 0.818. The lowest BCUT2D eigenvalue weighted by Crippen LogP contribution is -2.46. The fraction of sp³-hybridized carbons (Fsp3) is 0.667. The van der Waals surface area contributed by atoms with E-state index in [1.165, 1.54) is 13.8 Å². The molecule has 1 aromatic heterocycles. The maximum absolute atomic E-state index is 12.3. The van der Waals surface area contributed by atoms with Gasteiger partial charge in [-0.3, -0.25) is 14.3 Å². The van der Waals surface area contributed by atoms with E-state index >= 15 is 0 Å². The third-order valence-corrected chi connectivity index (χ3v) is 5.73. The fourth-order valence-electron chi connectivity index (χ4n) is 1.69. The Morgan fingerprint density at radius 3 is 2.30 bits per heavy atom. The molecule has 0 aliphatic rings. The Kier molecular flexibility index (Phi) is 4.86. The summed E-state index contributed by atoms with van der Waals surface area (Å²) < 4.78 is 23.1. The first-order valence-electron chi connectivity index (χ1n) is 6.22. The summed E-state index contributed by atoms with van der Waals surface area (Å²) in [6.45, 7) is 4.62. The number of nitrogens with one attached hydrogen (secondary N) is 1. The summed E-state index contributed by atoms with van der Waals surface area (Å²) in [5.41, 5.74) is -0.924. The zero-order valence-electron chi connectivity index (χ0n) is 12.0. The van der Waals surface area contributed by atoms with Gasteiger partial charge in [0.2, 0.25) is 0 Å². The second-order valence-electron chi connectivity index (χ2n) is 5.40. The van der Waals surface area contributed by atoms with Crippen LogP contribution in [0.2, 0.25) is 5.15 Å². The molecule has 0 saturated heterocycles. The van der Waals surface area contributed by atoms with Crippen molar-refractivity contribution in [3.05, 3.63) is 31.6 Å². The maximum Gasteiger partial charge on any atom is 0.329 e. The van der Waals surface area contributed by atoms with E-state index in [-0.39, 0.29) is 11.7 Å². The Bertz CT molecular complexity index is 716. The van der Waals surface area contributed by atoms with Gasteiger partial charge in [-0.2, -0.15) is 0 Å². The van der Waals surface area contributed by atoms with Crippen molar-refractivity contribution in [1.82, 2.24) is 9.55 Å². The Morgan fingerprint density at radius 2 is 1.85 bits per heavy atom. The Hall–Kier alpha value is -1.08. The largest absolute Gasteiger partial charge is 0.329 e. The molecular weight excluding hydrogens is 304 g/mol. The predicted octanol–water partition coefficient (Wildman–Crippen LogP) is 0.966. The van der Waals surface area contributed by atoms with Crippen LogP contribution in [0.5, 0.6) is 0 Å². The first kappa shape index (κ1) is 17.0. The highest BCUT2D eigenvalue weighted by molar-refractivity contribution is 7.92. The maximum atomic E-state index is 12.3. The van der Waals surface area contributed by atoms with Gasteiger partial charge in [0.25, 0.3) is 5.56 Å². The van der Waals surface area contributed by atoms with Crippen LogP contribution in [-0.4, -0.2) is 29.0 Å². The van der Waals surface area contributed by atoms with Gasteiger partial charge in [0, 0.05) is 12.8 Å². The van der Waals surface area contributed by atoms with E-state index in [0.29, 0.717) is 18.4 Å². The number of sulfone groups is 1. The molecule has 0 unspecified atom stereocenters. The molecule has 0 spiro atoms. The summed E-state index contributed by atoms with van der Waals surface area (Å²) in [6, 6.07) is 0. The van der Waals surface area contributed by atoms with E-state index < -0.39 is 25.8 Å². The highest BCUT2D eigenvalue weighted by Gasteiger charge is 2.32. The van der Waals surface area contributed by atoms with Crippen molar-refractivity contribution in [3.63, 3.8) is 0 Å². The zero-order chi connectivity index (χ0) is 15.7. The minimum atomic E-state index is -3.41. The zero-order valence-corrected chi connectivity index (χ0v) is 13.6. The van der Waals surface area contributed by atoms with Crippen molar-refractivity contribution >= 4 is 21.4 Å². The standard InChI is InChI=1S/C12H19ClN2O4S/c1-5-6-8-9(13)14-11(17)15(10(8)16)7-12(2,3)20(4,18)19/h5-7H2,1-4H3,(H,14,17). The third-order valence-electron chi connectivity index (χ3n) is 3.27. The van der Waals surface area contributed by atoms with Gasteiger partial charge in [0.05, 0.1) is 10.3 Å². The van der Waals surface area contributed by atoms with Crippen LogP contribution in [-0.2, 0) is 22.8 Å². The van der Waals surface area contributed by atoms with Crippen LogP contribution in [0.25, 0.3) is 0 Å². The summed E-state index contributed by atoms with van der Waals surface area (Å²) >= 11 is 5.86. The number of hydrogen-bond acceptors (Lipinski definition) is 4. The number of hydrogen-bond donors (Lipinski definition) is 1. The topological polar surface area (TPSA) is 89.0 Å². The van der Waals surface area contributed by atoms with Crippen molar-refractivity contribution in [3.8, 4) is 0 Å². The van der Waals surface area contributed by atoms with E-state index in [4.69, 9.17) is 11.6 Å². The average molecular weight is 323 g/mol. The summed E-state index contributed by atoms with van der Waals surface area (Å²) in [5, 5.41) is 0.0234. The minimum Gasteiger partial charge on any atom is -0.297 e. The molecule has 0 radical (unpaired) electrons. The third kappa shape index (κ3) is 3.32. The molecule has 114 valence electrons. The number of aromatic nitrogens is 2. The van der Waals surface area contributed by atoms with E-state index in [1.54, 1.807) is 0 Å². The van der Waals surface area contributed by atoms with Gasteiger partial charge >= 0.3 is 5.69 Å². The van der Waals surface area contributed by atoms with Gasteiger partial charge in [-0.25, -0.2) is 13.2 Å². The second-order valence-corrected chi connectivity index (χ2v) is 8.42. The van der Waals surface area contributed by atoms with Crippen LogP contribution in [0.15, 0.2) is 9.59 Å². The van der Waals surface area contributed by atoms with Crippen LogP contribution in [0, 0.1) is 0 Å². The molecule has 0 aliphatic carbocycles. The average Bonchev–Trinajstić information content (AvgIpc) is 2.28. The Morgan fingerprint density at radius 1 is 1.30 bits per heavy atom. The van der Waals surface area contributed by atoms with Crippen molar-refractivity contribution in [2.45, 2.75) is 44.9 Å². The van der Waals surface area contributed by atoms with Crippen LogP contribution < -0.4 is 11.2 Å². The molecule has 0 aromatic carbocycles. The molecule has 6 nitrogen and oxygen atoms in total. The number of halogens is 1.